The highest BCUT2D eigenvalue weighted by Crippen LogP contribution is 2.26. The monoisotopic (exact) mass is 351 g/mol. The highest BCUT2D eigenvalue weighted by atomic mass is 19.1. The summed E-state index contributed by atoms with van der Waals surface area (Å²) in [6.45, 7) is 0. The standard InChI is InChI=1S/C18H11F2N5O/c19-11-4-5-12(13(20)9-11)17-24-16(14-3-1-2-8-25(14)17)18(26)23-15-6-7-21-10-22-15/h1-10H,(H,21,22,23,26). The maximum Gasteiger partial charge on any atom is 0.277 e. The molecule has 1 N–H and O–H groups in total. The van der Waals surface area contributed by atoms with Crippen LogP contribution >= 0.6 is 0 Å². The lowest BCUT2D eigenvalue weighted by molar-refractivity contribution is 0.102. The summed E-state index contributed by atoms with van der Waals surface area (Å²) >= 11 is 0. The molecule has 0 radical (unpaired) electrons. The van der Waals surface area contributed by atoms with E-state index in [4.69, 9.17) is 0 Å². The number of rotatable bonds is 3. The zero-order chi connectivity index (χ0) is 18.1. The number of imidazole rings is 1. The van der Waals surface area contributed by atoms with Crippen molar-refractivity contribution in [2.75, 3.05) is 5.32 Å². The number of hydrogen-bond acceptors (Lipinski definition) is 4. The number of nitrogens with one attached hydrogen (secondary N) is 1. The van der Waals surface area contributed by atoms with Gasteiger partial charge in [0.05, 0.1) is 11.1 Å². The third kappa shape index (κ3) is 2.77. The van der Waals surface area contributed by atoms with Gasteiger partial charge in [0.25, 0.3) is 5.91 Å². The first kappa shape index (κ1) is 15.8. The average molecular weight is 351 g/mol. The van der Waals surface area contributed by atoms with Crippen LogP contribution in [-0.2, 0) is 0 Å². The SMILES string of the molecule is O=C(Nc1ccncn1)c1nc(-c2ccc(F)cc2F)n2ccccc12. The Labute approximate surface area is 146 Å². The molecular weight excluding hydrogens is 340 g/mol. The molecule has 26 heavy (non-hydrogen) atoms. The van der Waals surface area contributed by atoms with E-state index in [1.165, 1.54) is 24.7 Å². The van der Waals surface area contributed by atoms with Gasteiger partial charge in [-0.15, -0.1) is 0 Å². The Morgan fingerprint density at radius 1 is 1.12 bits per heavy atom. The normalized spacial score (nSPS) is 10.8. The minimum absolute atomic E-state index is 0.0914. The van der Waals surface area contributed by atoms with Gasteiger partial charge in [-0.05, 0) is 30.3 Å². The van der Waals surface area contributed by atoms with Gasteiger partial charge in [0.2, 0.25) is 0 Å². The second-order valence-electron chi connectivity index (χ2n) is 5.41. The third-order valence-corrected chi connectivity index (χ3v) is 3.76. The second kappa shape index (κ2) is 6.32. The number of carbonyl (C=O) groups is 1. The predicted octanol–water partition coefficient (Wildman–Crippen LogP) is 3.32. The van der Waals surface area contributed by atoms with E-state index in [-0.39, 0.29) is 17.1 Å². The minimum Gasteiger partial charge on any atom is -0.305 e. The van der Waals surface area contributed by atoms with E-state index in [9.17, 15) is 13.6 Å². The van der Waals surface area contributed by atoms with E-state index in [0.29, 0.717) is 11.3 Å². The fraction of sp³-hybridized carbons (Fsp3) is 0. The Hall–Kier alpha value is -3.68. The van der Waals surface area contributed by atoms with Crippen LogP contribution in [0.4, 0.5) is 14.6 Å². The molecule has 0 aliphatic carbocycles. The Balaban J connectivity index is 1.83. The Kier molecular flexibility index (Phi) is 3.85. The number of carbonyl (C=O) groups excluding carboxylic acids is 1. The zero-order valence-corrected chi connectivity index (χ0v) is 13.2. The molecule has 6 nitrogen and oxygen atoms in total. The molecule has 0 bridgehead atoms. The van der Waals surface area contributed by atoms with Crippen LogP contribution in [0.3, 0.4) is 0 Å². The second-order valence-corrected chi connectivity index (χ2v) is 5.41. The van der Waals surface area contributed by atoms with Crippen molar-refractivity contribution in [3.63, 3.8) is 0 Å². The summed E-state index contributed by atoms with van der Waals surface area (Å²) in [6, 6.07) is 9.90. The van der Waals surface area contributed by atoms with Gasteiger partial charge in [-0.1, -0.05) is 6.07 Å². The number of pyridine rings is 1. The Bertz CT molecular complexity index is 1110. The van der Waals surface area contributed by atoms with Crippen molar-refractivity contribution in [2.45, 2.75) is 0 Å². The third-order valence-electron chi connectivity index (χ3n) is 3.76. The first-order valence-corrected chi connectivity index (χ1v) is 7.63. The van der Waals surface area contributed by atoms with Gasteiger partial charge in [0.15, 0.2) is 5.69 Å². The number of anilines is 1. The van der Waals surface area contributed by atoms with Gasteiger partial charge in [-0.2, -0.15) is 0 Å². The maximum atomic E-state index is 14.2. The van der Waals surface area contributed by atoms with Crippen LogP contribution in [-0.4, -0.2) is 25.3 Å². The molecule has 128 valence electrons. The lowest BCUT2D eigenvalue weighted by Gasteiger charge is -2.02. The number of amides is 1. The molecule has 0 aliphatic heterocycles. The summed E-state index contributed by atoms with van der Waals surface area (Å²) in [5.41, 5.74) is 0.675. The molecule has 1 amide bonds. The van der Waals surface area contributed by atoms with E-state index < -0.39 is 17.5 Å². The number of benzene rings is 1. The Morgan fingerprint density at radius 2 is 2.00 bits per heavy atom. The van der Waals surface area contributed by atoms with Gasteiger partial charge in [-0.25, -0.2) is 23.7 Å². The lowest BCUT2D eigenvalue weighted by atomic mass is 10.2. The number of hydrogen-bond donors (Lipinski definition) is 1. The zero-order valence-electron chi connectivity index (χ0n) is 13.2. The summed E-state index contributed by atoms with van der Waals surface area (Å²) in [5.74, 6) is -1.43. The molecule has 8 heteroatoms. The molecule has 4 aromatic rings. The van der Waals surface area contributed by atoms with E-state index in [1.54, 1.807) is 28.8 Å². The molecular formula is C18H11F2N5O. The van der Waals surface area contributed by atoms with Crippen LogP contribution in [0, 0.1) is 11.6 Å². The van der Waals surface area contributed by atoms with Crippen molar-refractivity contribution in [3.8, 4) is 11.4 Å². The smallest absolute Gasteiger partial charge is 0.277 e. The molecule has 0 saturated carbocycles. The summed E-state index contributed by atoms with van der Waals surface area (Å²) in [6.07, 6.45) is 4.45. The number of nitrogens with zero attached hydrogens (tertiary/aromatic N) is 4. The first-order chi connectivity index (χ1) is 12.6. The number of aromatic nitrogens is 4. The van der Waals surface area contributed by atoms with E-state index in [1.807, 2.05) is 0 Å². The first-order valence-electron chi connectivity index (χ1n) is 7.63. The van der Waals surface area contributed by atoms with E-state index in [0.717, 1.165) is 12.1 Å². The van der Waals surface area contributed by atoms with Crippen molar-refractivity contribution in [2.24, 2.45) is 0 Å². The Morgan fingerprint density at radius 3 is 2.77 bits per heavy atom. The van der Waals surface area contributed by atoms with Crippen LogP contribution in [0.5, 0.6) is 0 Å². The topological polar surface area (TPSA) is 72.2 Å². The van der Waals surface area contributed by atoms with Crippen molar-refractivity contribution < 1.29 is 13.6 Å². The van der Waals surface area contributed by atoms with Crippen LogP contribution in [0.1, 0.15) is 10.5 Å². The molecule has 0 atom stereocenters. The van der Waals surface area contributed by atoms with Crippen LogP contribution < -0.4 is 5.32 Å². The minimum atomic E-state index is -0.761. The highest BCUT2D eigenvalue weighted by molar-refractivity contribution is 6.07. The largest absolute Gasteiger partial charge is 0.305 e. The van der Waals surface area contributed by atoms with Crippen molar-refractivity contribution in [1.82, 2.24) is 19.4 Å². The molecule has 0 aliphatic rings. The van der Waals surface area contributed by atoms with Crippen LogP contribution in [0.15, 0.2) is 61.2 Å². The van der Waals surface area contributed by atoms with E-state index >= 15 is 0 Å². The highest BCUT2D eigenvalue weighted by Gasteiger charge is 2.20. The van der Waals surface area contributed by atoms with Gasteiger partial charge >= 0.3 is 0 Å². The number of halogens is 2. The van der Waals surface area contributed by atoms with Crippen molar-refractivity contribution >= 4 is 17.2 Å². The van der Waals surface area contributed by atoms with Gasteiger partial charge in [-0.3, -0.25) is 9.20 Å². The fourth-order valence-corrected chi connectivity index (χ4v) is 2.61. The van der Waals surface area contributed by atoms with Gasteiger partial charge in [0.1, 0.15) is 29.6 Å². The molecule has 0 unspecified atom stereocenters. The van der Waals surface area contributed by atoms with Gasteiger partial charge in [0, 0.05) is 18.5 Å². The van der Waals surface area contributed by atoms with Crippen molar-refractivity contribution in [1.29, 1.82) is 0 Å². The lowest BCUT2D eigenvalue weighted by Crippen LogP contribution is -2.13. The van der Waals surface area contributed by atoms with E-state index in [2.05, 4.69) is 20.3 Å². The molecule has 3 heterocycles. The van der Waals surface area contributed by atoms with Crippen LogP contribution in [0.2, 0.25) is 0 Å². The molecule has 3 aromatic heterocycles. The molecule has 0 fully saturated rings. The predicted molar refractivity (Wildman–Crippen MR) is 90.5 cm³/mol. The molecule has 0 spiro atoms. The molecule has 1 aromatic carbocycles. The fourth-order valence-electron chi connectivity index (χ4n) is 2.61. The summed E-state index contributed by atoms with van der Waals surface area (Å²) < 4.78 is 29.0. The average Bonchev–Trinajstić information content (AvgIpc) is 3.02. The van der Waals surface area contributed by atoms with Crippen LogP contribution in [0.25, 0.3) is 16.9 Å². The summed E-state index contributed by atoms with van der Waals surface area (Å²) in [7, 11) is 0. The maximum absolute atomic E-state index is 14.2. The summed E-state index contributed by atoms with van der Waals surface area (Å²) in [5, 5.41) is 2.62. The van der Waals surface area contributed by atoms with Gasteiger partial charge < -0.3 is 5.32 Å². The number of fused-ring (bicyclic) bond motifs is 1. The quantitative estimate of drug-likeness (QED) is 0.615. The molecule has 0 saturated heterocycles. The summed E-state index contributed by atoms with van der Waals surface area (Å²) in [4.78, 5) is 24.6. The van der Waals surface area contributed by atoms with Crippen molar-refractivity contribution in [3.05, 3.63) is 78.5 Å². The molecule has 4 rings (SSSR count).